The van der Waals surface area contributed by atoms with Crippen LogP contribution in [0.5, 0.6) is 0 Å². The van der Waals surface area contributed by atoms with Crippen LogP contribution < -0.4 is 20.9 Å². The Kier molecular flexibility index (Phi) is 4.54. The highest BCUT2D eigenvalue weighted by atomic mass is 32.2. The van der Waals surface area contributed by atoms with Crippen LogP contribution >= 0.6 is 0 Å². The van der Waals surface area contributed by atoms with Crippen molar-refractivity contribution in [1.82, 2.24) is 18.6 Å². The van der Waals surface area contributed by atoms with E-state index in [0.29, 0.717) is 31.9 Å². The van der Waals surface area contributed by atoms with Crippen LogP contribution in [-0.2, 0) is 17.3 Å². The fraction of sp³-hybridized carbons (Fsp3) is 0.714. The molecule has 2 fully saturated rings. The molecule has 9 nitrogen and oxygen atoms in total. The zero-order valence-electron chi connectivity index (χ0n) is 13.9. The smallest absolute Gasteiger partial charge is 0.329 e. The maximum atomic E-state index is 12.5. The van der Waals surface area contributed by atoms with Gasteiger partial charge in [0.05, 0.1) is 0 Å². The Balaban J connectivity index is 1.70. The van der Waals surface area contributed by atoms with E-state index in [4.69, 9.17) is 0 Å². The highest BCUT2D eigenvalue weighted by Crippen LogP contribution is 2.21. The molecule has 3 heterocycles. The molecule has 2 atom stereocenters. The van der Waals surface area contributed by atoms with Crippen molar-refractivity contribution >= 4 is 16.0 Å². The fourth-order valence-electron chi connectivity index (χ4n) is 3.33. The van der Waals surface area contributed by atoms with E-state index < -0.39 is 15.9 Å². The van der Waals surface area contributed by atoms with Crippen LogP contribution in [0.1, 0.15) is 26.2 Å². The third kappa shape index (κ3) is 3.26. The lowest BCUT2D eigenvalue weighted by atomic mass is 10.3. The van der Waals surface area contributed by atoms with E-state index in [0.717, 1.165) is 17.4 Å². The minimum atomic E-state index is -3.50. The summed E-state index contributed by atoms with van der Waals surface area (Å²) < 4.78 is 30.2. The Morgan fingerprint density at radius 3 is 2.62 bits per heavy atom. The number of hydrogen-bond acceptors (Lipinski definition) is 5. The second kappa shape index (κ2) is 6.34. The first-order valence-electron chi connectivity index (χ1n) is 8.12. The van der Waals surface area contributed by atoms with Crippen molar-refractivity contribution in [3.63, 3.8) is 0 Å². The van der Waals surface area contributed by atoms with Gasteiger partial charge in [0.15, 0.2) is 0 Å². The first kappa shape index (κ1) is 17.2. The molecule has 2 N–H and O–H groups in total. The first-order valence-corrected chi connectivity index (χ1v) is 9.56. The molecule has 1 aromatic heterocycles. The highest BCUT2D eigenvalue weighted by Gasteiger charge is 2.35. The van der Waals surface area contributed by atoms with E-state index in [9.17, 15) is 18.0 Å². The topological polar surface area (TPSA) is 108 Å². The predicted molar refractivity (Wildman–Crippen MR) is 90.4 cm³/mol. The molecule has 0 aliphatic carbocycles. The number of nitrogens with zero attached hydrogens (tertiary/aromatic N) is 3. The van der Waals surface area contributed by atoms with Gasteiger partial charge in [0.1, 0.15) is 5.82 Å². The van der Waals surface area contributed by atoms with Crippen molar-refractivity contribution in [3.05, 3.63) is 26.9 Å². The number of H-pyrrole nitrogens is 1. The SMILES string of the molecule is CC1CCCN1S(=O)(=O)N[C@@H]1CCN(c2cc(=O)n(C)c(=O)[nH]2)C1. The van der Waals surface area contributed by atoms with Crippen LogP contribution in [0.3, 0.4) is 0 Å². The molecule has 2 aliphatic rings. The number of rotatable bonds is 4. The van der Waals surface area contributed by atoms with Crippen molar-refractivity contribution in [2.75, 3.05) is 24.5 Å². The molecule has 0 saturated carbocycles. The number of aromatic amines is 1. The lowest BCUT2D eigenvalue weighted by molar-refractivity contribution is 0.395. The third-order valence-electron chi connectivity index (χ3n) is 4.78. The highest BCUT2D eigenvalue weighted by molar-refractivity contribution is 7.87. The minimum Gasteiger partial charge on any atom is -0.356 e. The van der Waals surface area contributed by atoms with Gasteiger partial charge in [0.2, 0.25) is 0 Å². The van der Waals surface area contributed by atoms with Crippen molar-refractivity contribution in [2.24, 2.45) is 7.05 Å². The van der Waals surface area contributed by atoms with Crippen LogP contribution in [-0.4, -0.2) is 54.0 Å². The van der Waals surface area contributed by atoms with Gasteiger partial charge < -0.3 is 4.90 Å². The van der Waals surface area contributed by atoms with Gasteiger partial charge in [0, 0.05) is 44.8 Å². The normalized spacial score (nSPS) is 25.5. The molecule has 0 aromatic carbocycles. The average molecular weight is 357 g/mol. The Morgan fingerprint density at radius 2 is 2.00 bits per heavy atom. The van der Waals surface area contributed by atoms with Gasteiger partial charge in [-0.2, -0.15) is 17.4 Å². The van der Waals surface area contributed by atoms with Crippen LogP contribution in [0.4, 0.5) is 5.82 Å². The molecule has 0 amide bonds. The van der Waals surface area contributed by atoms with Crippen molar-refractivity contribution in [2.45, 2.75) is 38.3 Å². The monoisotopic (exact) mass is 357 g/mol. The van der Waals surface area contributed by atoms with E-state index in [-0.39, 0.29) is 17.6 Å². The van der Waals surface area contributed by atoms with Crippen LogP contribution in [0, 0.1) is 0 Å². The van der Waals surface area contributed by atoms with Crippen molar-refractivity contribution < 1.29 is 8.42 Å². The summed E-state index contributed by atoms with van der Waals surface area (Å²) in [5, 5.41) is 0. The Morgan fingerprint density at radius 1 is 1.25 bits per heavy atom. The Hall–Kier alpha value is -1.65. The van der Waals surface area contributed by atoms with Gasteiger partial charge in [-0.3, -0.25) is 14.3 Å². The summed E-state index contributed by atoms with van der Waals surface area (Å²) in [6.45, 7) is 3.46. The minimum absolute atomic E-state index is 0.0218. The molecule has 3 rings (SSSR count). The number of aromatic nitrogens is 2. The van der Waals surface area contributed by atoms with Gasteiger partial charge in [-0.1, -0.05) is 0 Å². The zero-order valence-corrected chi connectivity index (χ0v) is 14.7. The zero-order chi connectivity index (χ0) is 17.5. The molecule has 0 bridgehead atoms. The molecule has 134 valence electrons. The molecular weight excluding hydrogens is 334 g/mol. The van der Waals surface area contributed by atoms with Gasteiger partial charge in [-0.25, -0.2) is 4.79 Å². The molecule has 24 heavy (non-hydrogen) atoms. The standard InChI is InChI=1S/C14H23N5O4S/c1-10-4-3-6-19(10)24(22,23)16-11-5-7-18(9-11)12-8-13(20)17(2)14(21)15-12/h8,10-11,16H,3-7,9H2,1-2H3,(H,15,21)/t10?,11-/m1/s1. The maximum absolute atomic E-state index is 12.5. The number of nitrogens with one attached hydrogen (secondary N) is 2. The summed E-state index contributed by atoms with van der Waals surface area (Å²) in [6.07, 6.45) is 2.39. The Bertz CT molecular complexity index is 799. The molecular formula is C14H23N5O4S. The second-order valence-electron chi connectivity index (χ2n) is 6.51. The first-order chi connectivity index (χ1) is 11.3. The van der Waals surface area contributed by atoms with Crippen LogP contribution in [0.15, 0.2) is 15.7 Å². The lowest BCUT2D eigenvalue weighted by Gasteiger charge is -2.24. The fourth-order valence-corrected chi connectivity index (χ4v) is 5.03. The molecule has 2 aliphatic heterocycles. The summed E-state index contributed by atoms with van der Waals surface area (Å²) in [6, 6.07) is 1.14. The summed E-state index contributed by atoms with van der Waals surface area (Å²) in [5.41, 5.74) is -0.865. The van der Waals surface area contributed by atoms with Crippen LogP contribution in [0.2, 0.25) is 0 Å². The molecule has 0 radical (unpaired) electrons. The average Bonchev–Trinajstić information content (AvgIpc) is 3.13. The number of anilines is 1. The van der Waals surface area contributed by atoms with E-state index in [1.807, 2.05) is 11.8 Å². The van der Waals surface area contributed by atoms with Gasteiger partial charge in [0.25, 0.3) is 15.8 Å². The molecule has 2 saturated heterocycles. The largest absolute Gasteiger partial charge is 0.356 e. The second-order valence-corrected chi connectivity index (χ2v) is 8.17. The summed E-state index contributed by atoms with van der Waals surface area (Å²) in [4.78, 5) is 27.9. The van der Waals surface area contributed by atoms with Gasteiger partial charge >= 0.3 is 5.69 Å². The third-order valence-corrected chi connectivity index (χ3v) is 6.57. The predicted octanol–water partition coefficient (Wildman–Crippen LogP) is -1.03. The van der Waals surface area contributed by atoms with Crippen LogP contribution in [0.25, 0.3) is 0 Å². The quantitative estimate of drug-likeness (QED) is 0.717. The van der Waals surface area contributed by atoms with Gasteiger partial charge in [-0.05, 0) is 26.2 Å². The molecule has 10 heteroatoms. The molecule has 0 spiro atoms. The summed E-state index contributed by atoms with van der Waals surface area (Å²) >= 11 is 0. The maximum Gasteiger partial charge on any atom is 0.329 e. The van der Waals surface area contributed by atoms with E-state index >= 15 is 0 Å². The van der Waals surface area contributed by atoms with E-state index in [2.05, 4.69) is 9.71 Å². The summed E-state index contributed by atoms with van der Waals surface area (Å²) in [7, 11) is -2.10. The molecule has 1 aromatic rings. The van der Waals surface area contributed by atoms with E-state index in [1.54, 1.807) is 0 Å². The van der Waals surface area contributed by atoms with Gasteiger partial charge in [-0.15, -0.1) is 0 Å². The van der Waals surface area contributed by atoms with Crippen molar-refractivity contribution in [3.8, 4) is 0 Å². The number of hydrogen-bond donors (Lipinski definition) is 2. The Labute approximate surface area is 140 Å². The summed E-state index contributed by atoms with van der Waals surface area (Å²) in [5.74, 6) is 0.430. The van der Waals surface area contributed by atoms with E-state index in [1.165, 1.54) is 17.4 Å². The lowest BCUT2D eigenvalue weighted by Crippen LogP contribution is -2.47. The molecule has 1 unspecified atom stereocenters. The van der Waals surface area contributed by atoms with Crippen molar-refractivity contribution in [1.29, 1.82) is 0 Å².